The first-order valence-corrected chi connectivity index (χ1v) is 5.18. The summed E-state index contributed by atoms with van der Waals surface area (Å²) in [6.07, 6.45) is 3.18. The van der Waals surface area contributed by atoms with Gasteiger partial charge in [0.15, 0.2) is 0 Å². The quantitative estimate of drug-likeness (QED) is 0.849. The minimum atomic E-state index is -0.563. The summed E-state index contributed by atoms with van der Waals surface area (Å²) in [5.74, 6) is -0.261. The summed E-state index contributed by atoms with van der Waals surface area (Å²) in [4.78, 5) is 15.9. The molecule has 3 N–H and O–H groups in total. The third-order valence-electron chi connectivity index (χ3n) is 3.08. The van der Waals surface area contributed by atoms with Crippen LogP contribution < -0.4 is 11.1 Å². The van der Waals surface area contributed by atoms with Crippen LogP contribution in [0.4, 0.5) is 0 Å². The first kappa shape index (κ1) is 16.2. The average molecular weight is 278 g/mol. The van der Waals surface area contributed by atoms with Gasteiger partial charge in [-0.25, -0.2) is 0 Å². The fourth-order valence-electron chi connectivity index (χ4n) is 2.13. The number of hydrogen-bond acceptors (Lipinski definition) is 3. The largest absolute Gasteiger partial charge is 0.369 e. The molecule has 1 saturated heterocycles. The van der Waals surface area contributed by atoms with Crippen LogP contribution in [0.2, 0.25) is 0 Å². The highest BCUT2D eigenvalue weighted by Gasteiger charge is 2.40. The summed E-state index contributed by atoms with van der Waals surface area (Å²) >= 11 is 0. The van der Waals surface area contributed by atoms with Gasteiger partial charge in [-0.3, -0.25) is 9.78 Å². The molecule has 2 rings (SSSR count). The standard InChI is InChI=1S/C11H15N3O.2ClH/c12-10(15)11(4-7-13-8-5-11)9-3-1-2-6-14-9;;/h1-3,6,13H,4-5,7-8H2,(H2,12,15);2*1H. The van der Waals surface area contributed by atoms with E-state index in [1.54, 1.807) is 6.20 Å². The lowest BCUT2D eigenvalue weighted by atomic mass is 9.75. The molecule has 1 aliphatic rings. The number of nitrogens with zero attached hydrogens (tertiary/aromatic N) is 1. The van der Waals surface area contributed by atoms with Crippen LogP contribution in [0.1, 0.15) is 18.5 Å². The number of nitrogens with two attached hydrogens (primary N) is 1. The van der Waals surface area contributed by atoms with Crippen LogP contribution in [0, 0.1) is 0 Å². The van der Waals surface area contributed by atoms with Crippen LogP contribution in [-0.2, 0) is 10.2 Å². The highest BCUT2D eigenvalue weighted by molar-refractivity contribution is 5.86. The fraction of sp³-hybridized carbons (Fsp3) is 0.455. The lowest BCUT2D eigenvalue weighted by Crippen LogP contribution is -2.49. The van der Waals surface area contributed by atoms with Crippen LogP contribution in [0.15, 0.2) is 24.4 Å². The van der Waals surface area contributed by atoms with Gasteiger partial charge >= 0.3 is 0 Å². The Hall–Kier alpha value is -0.840. The van der Waals surface area contributed by atoms with Gasteiger partial charge in [0.25, 0.3) is 0 Å². The number of aromatic nitrogens is 1. The van der Waals surface area contributed by atoms with Gasteiger partial charge in [0.05, 0.1) is 11.1 Å². The van der Waals surface area contributed by atoms with Gasteiger partial charge in [-0.2, -0.15) is 0 Å². The van der Waals surface area contributed by atoms with E-state index in [1.165, 1.54) is 0 Å². The maximum absolute atomic E-state index is 11.6. The Morgan fingerprint density at radius 2 is 1.94 bits per heavy atom. The van der Waals surface area contributed by atoms with E-state index in [4.69, 9.17) is 5.73 Å². The second-order valence-corrected chi connectivity index (χ2v) is 3.91. The van der Waals surface area contributed by atoms with E-state index in [0.717, 1.165) is 31.6 Å². The number of nitrogens with one attached hydrogen (secondary N) is 1. The molecule has 1 aliphatic heterocycles. The van der Waals surface area contributed by atoms with Crippen molar-refractivity contribution in [3.05, 3.63) is 30.1 Å². The van der Waals surface area contributed by atoms with Gasteiger partial charge in [-0.05, 0) is 38.1 Å². The molecule has 0 radical (unpaired) electrons. The molecule has 4 nitrogen and oxygen atoms in total. The molecule has 0 saturated carbocycles. The van der Waals surface area contributed by atoms with E-state index in [2.05, 4.69) is 10.3 Å². The molecular weight excluding hydrogens is 261 g/mol. The van der Waals surface area contributed by atoms with Crippen molar-refractivity contribution in [2.24, 2.45) is 5.73 Å². The molecule has 0 unspecified atom stereocenters. The number of carbonyl (C=O) groups is 1. The summed E-state index contributed by atoms with van der Waals surface area (Å²) in [6, 6.07) is 5.63. The Bertz CT molecular complexity index is 353. The summed E-state index contributed by atoms with van der Waals surface area (Å²) < 4.78 is 0. The highest BCUT2D eigenvalue weighted by Crippen LogP contribution is 2.31. The highest BCUT2D eigenvalue weighted by atomic mass is 35.5. The summed E-state index contributed by atoms with van der Waals surface area (Å²) in [5, 5.41) is 3.23. The maximum atomic E-state index is 11.6. The molecule has 0 aliphatic carbocycles. The Balaban J connectivity index is 0.00000128. The van der Waals surface area contributed by atoms with E-state index >= 15 is 0 Å². The zero-order valence-electron chi connectivity index (χ0n) is 9.39. The molecule has 1 fully saturated rings. The predicted molar refractivity (Wildman–Crippen MR) is 71.7 cm³/mol. The number of halogens is 2. The van der Waals surface area contributed by atoms with Gasteiger partial charge in [0.2, 0.25) is 5.91 Å². The van der Waals surface area contributed by atoms with Gasteiger partial charge in [-0.15, -0.1) is 24.8 Å². The van der Waals surface area contributed by atoms with Crippen LogP contribution in [0.3, 0.4) is 0 Å². The normalized spacial score (nSPS) is 17.4. The number of hydrogen-bond donors (Lipinski definition) is 2. The smallest absolute Gasteiger partial charge is 0.229 e. The lowest BCUT2D eigenvalue weighted by Gasteiger charge is -2.33. The van der Waals surface area contributed by atoms with E-state index in [0.29, 0.717) is 0 Å². The fourth-order valence-corrected chi connectivity index (χ4v) is 2.13. The van der Waals surface area contributed by atoms with Crippen molar-refractivity contribution in [3.63, 3.8) is 0 Å². The number of piperidine rings is 1. The molecule has 0 aromatic carbocycles. The van der Waals surface area contributed by atoms with Gasteiger partial charge in [0, 0.05) is 6.20 Å². The number of primary amides is 1. The van der Waals surface area contributed by atoms with Crippen molar-refractivity contribution in [2.45, 2.75) is 18.3 Å². The first-order chi connectivity index (χ1) is 7.26. The SMILES string of the molecule is Cl.Cl.NC(=O)C1(c2ccccn2)CCNCC1. The topological polar surface area (TPSA) is 68.0 Å². The third kappa shape index (κ3) is 3.09. The van der Waals surface area contributed by atoms with Gasteiger partial charge < -0.3 is 11.1 Å². The molecule has 96 valence electrons. The van der Waals surface area contributed by atoms with Crippen molar-refractivity contribution in [1.29, 1.82) is 0 Å². The lowest BCUT2D eigenvalue weighted by molar-refractivity contribution is -0.124. The Kier molecular flexibility index (Phi) is 6.45. The van der Waals surface area contributed by atoms with E-state index in [9.17, 15) is 4.79 Å². The minimum absolute atomic E-state index is 0. The number of rotatable bonds is 2. The molecule has 1 amide bonds. The van der Waals surface area contributed by atoms with E-state index in [1.807, 2.05) is 18.2 Å². The van der Waals surface area contributed by atoms with Crippen molar-refractivity contribution < 1.29 is 4.79 Å². The number of pyridine rings is 1. The Morgan fingerprint density at radius 1 is 1.29 bits per heavy atom. The van der Waals surface area contributed by atoms with E-state index in [-0.39, 0.29) is 30.7 Å². The van der Waals surface area contributed by atoms with E-state index < -0.39 is 5.41 Å². The molecule has 0 bridgehead atoms. The molecule has 17 heavy (non-hydrogen) atoms. The Morgan fingerprint density at radius 3 is 2.41 bits per heavy atom. The van der Waals surface area contributed by atoms with Crippen molar-refractivity contribution >= 4 is 30.7 Å². The van der Waals surface area contributed by atoms with Crippen LogP contribution >= 0.6 is 24.8 Å². The average Bonchev–Trinajstić information content (AvgIpc) is 2.31. The summed E-state index contributed by atoms with van der Waals surface area (Å²) in [5.41, 5.74) is 5.77. The molecule has 0 atom stereocenters. The van der Waals surface area contributed by atoms with Crippen molar-refractivity contribution in [3.8, 4) is 0 Å². The van der Waals surface area contributed by atoms with Gasteiger partial charge in [-0.1, -0.05) is 6.07 Å². The van der Waals surface area contributed by atoms with Crippen LogP contribution in [0.25, 0.3) is 0 Å². The second kappa shape index (κ2) is 6.79. The predicted octanol–water partition coefficient (Wildman–Crippen LogP) is 1.03. The maximum Gasteiger partial charge on any atom is 0.229 e. The monoisotopic (exact) mass is 277 g/mol. The zero-order chi connectivity index (χ0) is 10.7. The van der Waals surface area contributed by atoms with Crippen molar-refractivity contribution in [1.82, 2.24) is 10.3 Å². The molecule has 0 spiro atoms. The zero-order valence-corrected chi connectivity index (χ0v) is 11.0. The van der Waals surface area contributed by atoms with Gasteiger partial charge in [0.1, 0.15) is 0 Å². The molecule has 1 aromatic rings. The minimum Gasteiger partial charge on any atom is -0.369 e. The molecular formula is C11H17Cl2N3O. The second-order valence-electron chi connectivity index (χ2n) is 3.91. The number of amides is 1. The summed E-state index contributed by atoms with van der Waals surface area (Å²) in [7, 11) is 0. The first-order valence-electron chi connectivity index (χ1n) is 5.18. The van der Waals surface area contributed by atoms with Crippen LogP contribution in [-0.4, -0.2) is 24.0 Å². The van der Waals surface area contributed by atoms with Crippen molar-refractivity contribution in [2.75, 3.05) is 13.1 Å². The molecule has 6 heteroatoms. The molecule has 1 aromatic heterocycles. The number of carbonyl (C=O) groups excluding carboxylic acids is 1. The van der Waals surface area contributed by atoms with Crippen LogP contribution in [0.5, 0.6) is 0 Å². The Labute approximate surface area is 113 Å². The molecule has 2 heterocycles. The third-order valence-corrected chi connectivity index (χ3v) is 3.08. The summed E-state index contributed by atoms with van der Waals surface area (Å²) in [6.45, 7) is 1.64.